The molecule has 1 amide bonds. The Hall–Kier alpha value is -5.02. The summed E-state index contributed by atoms with van der Waals surface area (Å²) in [6.45, 7) is 2.43. The molecule has 2 aromatic rings. The third-order valence-electron chi connectivity index (χ3n) is 4.02. The maximum Gasteiger partial charge on any atom is 0.336 e. The van der Waals surface area contributed by atoms with Gasteiger partial charge in [-0.3, -0.25) is 45.3 Å². The van der Waals surface area contributed by atoms with Crippen LogP contribution in [0.4, 0.5) is 22.7 Å². The van der Waals surface area contributed by atoms with Gasteiger partial charge in [-0.25, -0.2) is 4.79 Å². The summed E-state index contributed by atoms with van der Waals surface area (Å²) in [6, 6.07) is 3.44. The fraction of sp³-hybridized carbons (Fsp3) is 0.125. The molecule has 0 unspecified atom stereocenters. The van der Waals surface area contributed by atoms with Gasteiger partial charge in [0.25, 0.3) is 22.7 Å². The van der Waals surface area contributed by atoms with Crippen LogP contribution < -0.4 is 5.73 Å². The Morgan fingerprint density at radius 2 is 0.938 bits per heavy atom. The van der Waals surface area contributed by atoms with Gasteiger partial charge in [-0.2, -0.15) is 0 Å². The number of aromatic carboxylic acids is 1. The van der Waals surface area contributed by atoms with Crippen molar-refractivity contribution >= 4 is 34.6 Å². The molecule has 16 heteroatoms. The van der Waals surface area contributed by atoms with Gasteiger partial charge in [0.15, 0.2) is 0 Å². The van der Waals surface area contributed by atoms with Crippen LogP contribution in [0.1, 0.15) is 31.8 Å². The number of carboxylic acids is 1. The second-order valence-corrected chi connectivity index (χ2v) is 5.98. The average Bonchev–Trinajstić information content (AvgIpc) is 2.67. The maximum absolute atomic E-state index is 10.8. The molecule has 0 aromatic heterocycles. The normalized spacial score (nSPS) is 9.81. The SMILES string of the molecule is Cc1c([N+](=O)[O-])cc(C(=O)O)cc1[N+](=O)[O-].Cc1c([N+](=O)[O-])cc(C(N)=O)cc1[N+](=O)[O-]. The van der Waals surface area contributed by atoms with Crippen LogP contribution >= 0.6 is 0 Å². The number of hydrogen-bond donors (Lipinski definition) is 2. The van der Waals surface area contributed by atoms with Crippen LogP contribution in [-0.2, 0) is 0 Å². The summed E-state index contributed by atoms with van der Waals surface area (Å²) in [4.78, 5) is 60.5. The Morgan fingerprint density at radius 3 is 1.12 bits per heavy atom. The van der Waals surface area contributed by atoms with Gasteiger partial charge in [-0.15, -0.1) is 0 Å². The standard InChI is InChI=1S/C8H7N3O5.C8H6N2O6/c1-4-6(10(13)14)2-5(8(9)12)3-7(4)11(15)16;1-4-6(9(13)14)2-5(8(11)12)3-7(4)10(15)16/h2-3H,1H3,(H2,9,12);2-3H,1H3,(H,11,12). The number of carboxylic acid groups (broad SMARTS) is 1. The predicted molar refractivity (Wildman–Crippen MR) is 104 cm³/mol. The lowest BCUT2D eigenvalue weighted by Crippen LogP contribution is -2.12. The van der Waals surface area contributed by atoms with Gasteiger partial charge in [0.1, 0.15) is 11.1 Å². The van der Waals surface area contributed by atoms with Crippen LogP contribution in [-0.4, -0.2) is 36.7 Å². The first kappa shape index (κ1) is 25.0. The summed E-state index contributed by atoms with van der Waals surface area (Å²) in [5, 5.41) is 51.0. The Morgan fingerprint density at radius 1 is 0.688 bits per heavy atom. The summed E-state index contributed by atoms with van der Waals surface area (Å²) < 4.78 is 0. The van der Waals surface area contributed by atoms with E-state index in [9.17, 15) is 50.0 Å². The van der Waals surface area contributed by atoms with E-state index in [-0.39, 0.29) is 16.7 Å². The van der Waals surface area contributed by atoms with Gasteiger partial charge >= 0.3 is 5.97 Å². The highest BCUT2D eigenvalue weighted by Crippen LogP contribution is 2.30. The molecule has 0 spiro atoms. The van der Waals surface area contributed by atoms with Crippen molar-refractivity contribution in [2.24, 2.45) is 5.73 Å². The Balaban J connectivity index is 0.000000320. The van der Waals surface area contributed by atoms with Crippen molar-refractivity contribution in [3.8, 4) is 0 Å². The number of carbonyl (C=O) groups excluding carboxylic acids is 1. The fourth-order valence-corrected chi connectivity index (χ4v) is 2.39. The number of hydrogen-bond acceptors (Lipinski definition) is 10. The minimum atomic E-state index is -1.45. The second kappa shape index (κ2) is 9.65. The smallest absolute Gasteiger partial charge is 0.336 e. The molecular formula is C16H13N5O11. The number of primary amides is 1. The van der Waals surface area contributed by atoms with Crippen LogP contribution in [0.15, 0.2) is 24.3 Å². The van der Waals surface area contributed by atoms with Gasteiger partial charge < -0.3 is 10.8 Å². The zero-order valence-corrected chi connectivity index (χ0v) is 16.2. The number of amides is 1. The van der Waals surface area contributed by atoms with E-state index in [0.29, 0.717) is 0 Å². The molecule has 0 radical (unpaired) electrons. The molecule has 0 aliphatic heterocycles. The molecule has 0 fully saturated rings. The molecule has 0 aliphatic carbocycles. The first-order valence-electron chi connectivity index (χ1n) is 8.08. The van der Waals surface area contributed by atoms with E-state index in [1.807, 2.05) is 0 Å². The van der Waals surface area contributed by atoms with E-state index in [0.717, 1.165) is 24.3 Å². The van der Waals surface area contributed by atoms with Crippen molar-refractivity contribution < 1.29 is 34.4 Å². The van der Waals surface area contributed by atoms with Crippen molar-refractivity contribution in [2.75, 3.05) is 0 Å². The van der Waals surface area contributed by atoms with Gasteiger partial charge in [-0.1, -0.05) is 0 Å². The molecule has 0 saturated carbocycles. The fourth-order valence-electron chi connectivity index (χ4n) is 2.39. The first-order valence-corrected chi connectivity index (χ1v) is 8.08. The van der Waals surface area contributed by atoms with Crippen molar-refractivity contribution in [3.63, 3.8) is 0 Å². The number of nitrogens with two attached hydrogens (primary N) is 1. The predicted octanol–water partition coefficient (Wildman–Crippen LogP) is 2.42. The lowest BCUT2D eigenvalue weighted by atomic mass is 10.1. The quantitative estimate of drug-likeness (QED) is 0.476. The summed E-state index contributed by atoms with van der Waals surface area (Å²) >= 11 is 0. The summed E-state index contributed by atoms with van der Waals surface area (Å²) in [5.74, 6) is -2.41. The molecule has 0 saturated heterocycles. The van der Waals surface area contributed by atoms with Crippen LogP contribution in [0.2, 0.25) is 0 Å². The van der Waals surface area contributed by atoms with E-state index in [2.05, 4.69) is 0 Å². The number of nitro benzene ring substituents is 4. The van der Waals surface area contributed by atoms with Gasteiger partial charge in [0, 0.05) is 24.3 Å². The molecule has 0 heterocycles. The van der Waals surface area contributed by atoms with E-state index in [4.69, 9.17) is 10.8 Å². The van der Waals surface area contributed by atoms with Crippen molar-refractivity contribution in [1.82, 2.24) is 0 Å². The summed E-state index contributed by atoms with van der Waals surface area (Å²) in [7, 11) is 0. The summed E-state index contributed by atoms with van der Waals surface area (Å²) in [6.07, 6.45) is 0. The first-order chi connectivity index (χ1) is 14.7. The van der Waals surface area contributed by atoms with Crippen molar-refractivity contribution in [3.05, 3.63) is 87.0 Å². The van der Waals surface area contributed by atoms with E-state index in [1.165, 1.54) is 13.8 Å². The molecule has 3 N–H and O–H groups in total. The van der Waals surface area contributed by atoms with E-state index < -0.39 is 59.9 Å². The van der Waals surface area contributed by atoms with Crippen LogP contribution in [0.3, 0.4) is 0 Å². The highest BCUT2D eigenvalue weighted by atomic mass is 16.6. The third kappa shape index (κ3) is 5.53. The Kier molecular flexibility index (Phi) is 7.55. The minimum Gasteiger partial charge on any atom is -0.478 e. The molecule has 16 nitrogen and oxygen atoms in total. The molecule has 2 aromatic carbocycles. The topological polar surface area (TPSA) is 253 Å². The lowest BCUT2D eigenvalue weighted by molar-refractivity contribution is -0.395. The molecule has 0 atom stereocenters. The largest absolute Gasteiger partial charge is 0.478 e. The Bertz CT molecular complexity index is 1010. The average molecular weight is 451 g/mol. The van der Waals surface area contributed by atoms with Gasteiger partial charge in [0.2, 0.25) is 5.91 Å². The third-order valence-corrected chi connectivity index (χ3v) is 4.02. The van der Waals surface area contributed by atoms with E-state index in [1.54, 1.807) is 0 Å². The number of benzene rings is 2. The molecule has 0 bridgehead atoms. The number of rotatable bonds is 6. The van der Waals surface area contributed by atoms with Gasteiger partial charge in [-0.05, 0) is 13.8 Å². The zero-order chi connectivity index (χ0) is 24.9. The molecule has 2 rings (SSSR count). The minimum absolute atomic E-state index is 0.111. The number of carbonyl (C=O) groups is 2. The molecule has 168 valence electrons. The molecular weight excluding hydrogens is 438 g/mol. The summed E-state index contributed by atoms with van der Waals surface area (Å²) in [5.41, 5.74) is 1.75. The van der Waals surface area contributed by atoms with E-state index >= 15 is 0 Å². The maximum atomic E-state index is 10.8. The van der Waals surface area contributed by atoms with Gasteiger partial charge in [0.05, 0.1) is 30.8 Å². The zero-order valence-electron chi connectivity index (χ0n) is 16.2. The lowest BCUT2D eigenvalue weighted by Gasteiger charge is -2.01. The number of nitro groups is 4. The second-order valence-electron chi connectivity index (χ2n) is 5.98. The van der Waals surface area contributed by atoms with Crippen LogP contribution in [0, 0.1) is 54.3 Å². The van der Waals surface area contributed by atoms with Crippen LogP contribution in [0.25, 0.3) is 0 Å². The van der Waals surface area contributed by atoms with Crippen molar-refractivity contribution in [1.29, 1.82) is 0 Å². The number of nitrogens with zero attached hydrogens (tertiary/aromatic N) is 4. The molecule has 32 heavy (non-hydrogen) atoms. The van der Waals surface area contributed by atoms with Crippen LogP contribution in [0.5, 0.6) is 0 Å². The Labute approximate surface area is 176 Å². The van der Waals surface area contributed by atoms with Crippen molar-refractivity contribution in [2.45, 2.75) is 13.8 Å². The monoisotopic (exact) mass is 451 g/mol. The highest BCUT2D eigenvalue weighted by molar-refractivity contribution is 5.94. The highest BCUT2D eigenvalue weighted by Gasteiger charge is 2.25. The molecule has 0 aliphatic rings.